The first-order valence-corrected chi connectivity index (χ1v) is 5.69. The molecule has 5 heteroatoms. The van der Waals surface area contributed by atoms with Crippen LogP contribution in [0.25, 0.3) is 0 Å². The van der Waals surface area contributed by atoms with Gasteiger partial charge in [-0.05, 0) is 33.7 Å². The van der Waals surface area contributed by atoms with E-state index in [1.807, 2.05) is 20.8 Å². The minimum Gasteiger partial charge on any atom is -0.444 e. The second-order valence-electron chi connectivity index (χ2n) is 5.28. The van der Waals surface area contributed by atoms with Gasteiger partial charge in [-0.2, -0.15) is 0 Å². The number of hydrogen-bond donors (Lipinski definition) is 2. The van der Waals surface area contributed by atoms with E-state index in [-0.39, 0.29) is 12.0 Å². The van der Waals surface area contributed by atoms with Gasteiger partial charge in [-0.1, -0.05) is 0 Å². The number of amides is 1. The van der Waals surface area contributed by atoms with Gasteiger partial charge in [0.15, 0.2) is 0 Å². The van der Waals surface area contributed by atoms with Crippen LogP contribution in [0.5, 0.6) is 0 Å². The second-order valence-corrected chi connectivity index (χ2v) is 5.28. The highest BCUT2D eigenvalue weighted by molar-refractivity contribution is 5.68. The molecular formula is C11H22N2O3. The zero-order valence-electron chi connectivity index (χ0n) is 10.3. The van der Waals surface area contributed by atoms with E-state index < -0.39 is 11.7 Å². The third-order valence-corrected chi connectivity index (χ3v) is 2.68. The molecule has 3 N–H and O–H groups in total. The van der Waals surface area contributed by atoms with Crippen LogP contribution in [0.2, 0.25) is 0 Å². The summed E-state index contributed by atoms with van der Waals surface area (Å²) in [6.07, 6.45) is -0.162. The van der Waals surface area contributed by atoms with E-state index in [2.05, 4.69) is 0 Å². The summed E-state index contributed by atoms with van der Waals surface area (Å²) in [5.74, 6) is 0.0960. The number of nitrogens with two attached hydrogens (primary N) is 1. The molecule has 5 nitrogen and oxygen atoms in total. The van der Waals surface area contributed by atoms with Crippen molar-refractivity contribution in [3.63, 3.8) is 0 Å². The van der Waals surface area contributed by atoms with Crippen molar-refractivity contribution < 1.29 is 14.6 Å². The lowest BCUT2D eigenvalue weighted by Crippen LogP contribution is -2.49. The third-order valence-electron chi connectivity index (χ3n) is 2.68. The molecule has 0 spiro atoms. The number of aliphatic hydroxyl groups is 1. The summed E-state index contributed by atoms with van der Waals surface area (Å²) >= 11 is 0. The molecule has 1 amide bonds. The molecule has 1 rings (SSSR count). The van der Waals surface area contributed by atoms with Crippen LogP contribution in [0.1, 0.15) is 27.2 Å². The van der Waals surface area contributed by atoms with Crippen molar-refractivity contribution in [2.75, 3.05) is 19.6 Å². The number of likely N-dealkylation sites (tertiary alicyclic amines) is 1. The monoisotopic (exact) mass is 230 g/mol. The first-order chi connectivity index (χ1) is 7.33. The number of nitrogens with zero attached hydrogens (tertiary/aromatic N) is 1. The lowest BCUT2D eigenvalue weighted by atomic mass is 9.94. The molecular weight excluding hydrogens is 208 g/mol. The molecule has 0 aliphatic carbocycles. The summed E-state index contributed by atoms with van der Waals surface area (Å²) in [5, 5.41) is 9.76. The van der Waals surface area contributed by atoms with Crippen LogP contribution >= 0.6 is 0 Å². The smallest absolute Gasteiger partial charge is 0.410 e. The Morgan fingerprint density at radius 2 is 2.19 bits per heavy atom. The second kappa shape index (κ2) is 5.01. The van der Waals surface area contributed by atoms with Gasteiger partial charge in [0.1, 0.15) is 5.60 Å². The van der Waals surface area contributed by atoms with Crippen LogP contribution in [0, 0.1) is 5.92 Å². The fourth-order valence-corrected chi connectivity index (χ4v) is 1.75. The lowest BCUT2D eigenvalue weighted by molar-refractivity contribution is -0.0110. The van der Waals surface area contributed by atoms with E-state index in [1.54, 1.807) is 4.90 Å². The van der Waals surface area contributed by atoms with Crippen molar-refractivity contribution >= 4 is 6.09 Å². The van der Waals surface area contributed by atoms with Gasteiger partial charge in [0.2, 0.25) is 0 Å². The highest BCUT2D eigenvalue weighted by Crippen LogP contribution is 2.19. The maximum Gasteiger partial charge on any atom is 0.410 e. The van der Waals surface area contributed by atoms with Gasteiger partial charge in [-0.15, -0.1) is 0 Å². The van der Waals surface area contributed by atoms with Crippen LogP contribution in [0.3, 0.4) is 0 Å². The highest BCUT2D eigenvalue weighted by Gasteiger charge is 2.31. The third kappa shape index (κ3) is 3.64. The van der Waals surface area contributed by atoms with Gasteiger partial charge in [0.25, 0.3) is 0 Å². The van der Waals surface area contributed by atoms with Crippen LogP contribution in [0.4, 0.5) is 4.79 Å². The summed E-state index contributed by atoms with van der Waals surface area (Å²) in [4.78, 5) is 13.3. The summed E-state index contributed by atoms with van der Waals surface area (Å²) in [7, 11) is 0. The zero-order valence-corrected chi connectivity index (χ0v) is 10.3. The van der Waals surface area contributed by atoms with Crippen molar-refractivity contribution in [1.29, 1.82) is 0 Å². The molecule has 1 aliphatic heterocycles. The number of hydrogen-bond acceptors (Lipinski definition) is 4. The molecule has 1 saturated heterocycles. The molecule has 1 heterocycles. The fraction of sp³-hybridized carbons (Fsp3) is 0.909. The Bertz CT molecular complexity index is 250. The predicted molar refractivity (Wildman–Crippen MR) is 61.0 cm³/mol. The van der Waals surface area contributed by atoms with Crippen molar-refractivity contribution in [3.8, 4) is 0 Å². The van der Waals surface area contributed by atoms with Crippen molar-refractivity contribution in [2.24, 2.45) is 11.7 Å². The predicted octanol–water partition coefficient (Wildman–Crippen LogP) is 0.563. The topological polar surface area (TPSA) is 75.8 Å². The molecule has 0 aromatic carbocycles. The van der Waals surface area contributed by atoms with Gasteiger partial charge in [-0.3, -0.25) is 0 Å². The van der Waals surface area contributed by atoms with E-state index in [0.29, 0.717) is 19.6 Å². The van der Waals surface area contributed by atoms with E-state index in [9.17, 15) is 9.90 Å². The molecule has 94 valence electrons. The normalized spacial score (nSPS) is 26.7. The molecule has 0 aromatic rings. The molecule has 1 aliphatic rings. The van der Waals surface area contributed by atoms with Crippen LogP contribution in [0.15, 0.2) is 0 Å². The number of rotatable bonds is 1. The van der Waals surface area contributed by atoms with E-state index in [4.69, 9.17) is 10.5 Å². The average molecular weight is 230 g/mol. The zero-order chi connectivity index (χ0) is 12.3. The summed E-state index contributed by atoms with van der Waals surface area (Å²) in [6, 6.07) is 0. The van der Waals surface area contributed by atoms with Gasteiger partial charge in [0, 0.05) is 12.5 Å². The summed E-state index contributed by atoms with van der Waals surface area (Å²) in [5.41, 5.74) is 5.03. The molecule has 0 radical (unpaired) electrons. The molecule has 2 unspecified atom stereocenters. The molecule has 0 bridgehead atoms. The largest absolute Gasteiger partial charge is 0.444 e. The van der Waals surface area contributed by atoms with Crippen molar-refractivity contribution in [2.45, 2.75) is 38.9 Å². The lowest BCUT2D eigenvalue weighted by Gasteiger charge is -2.36. The number of aliphatic hydroxyl groups excluding tert-OH is 1. The van der Waals surface area contributed by atoms with Crippen molar-refractivity contribution in [3.05, 3.63) is 0 Å². The number of carbonyl (C=O) groups excluding carboxylic acids is 1. The maximum atomic E-state index is 11.7. The summed E-state index contributed by atoms with van der Waals surface area (Å²) < 4.78 is 5.24. The molecule has 0 aromatic heterocycles. The molecule has 16 heavy (non-hydrogen) atoms. The SMILES string of the molecule is CC(C)(C)OC(=O)N1CCC(CN)C(O)C1. The minimum absolute atomic E-state index is 0.0960. The number of carbonyl (C=O) groups is 1. The van der Waals surface area contributed by atoms with Gasteiger partial charge >= 0.3 is 6.09 Å². The van der Waals surface area contributed by atoms with Gasteiger partial charge in [0.05, 0.1) is 12.6 Å². The highest BCUT2D eigenvalue weighted by atomic mass is 16.6. The first-order valence-electron chi connectivity index (χ1n) is 5.69. The fourth-order valence-electron chi connectivity index (χ4n) is 1.75. The molecule has 1 fully saturated rings. The molecule has 0 saturated carbocycles. The quantitative estimate of drug-likeness (QED) is 0.690. The Balaban J connectivity index is 2.48. The Morgan fingerprint density at radius 3 is 2.62 bits per heavy atom. The van der Waals surface area contributed by atoms with E-state index in [1.165, 1.54) is 0 Å². The van der Waals surface area contributed by atoms with E-state index >= 15 is 0 Å². The summed E-state index contributed by atoms with van der Waals surface area (Å²) in [6.45, 7) is 6.86. The Kier molecular flexibility index (Phi) is 4.15. The Hall–Kier alpha value is -0.810. The van der Waals surface area contributed by atoms with Gasteiger partial charge < -0.3 is 20.5 Å². The number of piperidine rings is 1. The van der Waals surface area contributed by atoms with Crippen LogP contribution < -0.4 is 5.73 Å². The van der Waals surface area contributed by atoms with Gasteiger partial charge in [-0.25, -0.2) is 4.79 Å². The standard InChI is InChI=1S/C11H22N2O3/c1-11(2,3)16-10(15)13-5-4-8(6-12)9(14)7-13/h8-9,14H,4-7,12H2,1-3H3. The van der Waals surface area contributed by atoms with Crippen molar-refractivity contribution in [1.82, 2.24) is 4.90 Å². The molecule has 2 atom stereocenters. The first kappa shape index (κ1) is 13.3. The number of ether oxygens (including phenoxy) is 1. The van der Waals surface area contributed by atoms with E-state index in [0.717, 1.165) is 6.42 Å². The Morgan fingerprint density at radius 1 is 1.56 bits per heavy atom. The minimum atomic E-state index is -0.536. The maximum absolute atomic E-state index is 11.7. The van der Waals surface area contributed by atoms with Crippen LogP contribution in [-0.2, 0) is 4.74 Å². The van der Waals surface area contributed by atoms with Crippen LogP contribution in [-0.4, -0.2) is 47.4 Å². The number of β-amino-alcohol motifs (C(OH)–C–C–N with tert-alkyl or cyclic N) is 1. The average Bonchev–Trinajstić information content (AvgIpc) is 2.15. The Labute approximate surface area is 96.6 Å².